The van der Waals surface area contributed by atoms with Crippen LogP contribution in [0.5, 0.6) is 0 Å². The Bertz CT molecular complexity index is 1090. The fourth-order valence-electron chi connectivity index (χ4n) is 3.27. The van der Waals surface area contributed by atoms with Crippen LogP contribution in [-0.2, 0) is 30.8 Å². The van der Waals surface area contributed by atoms with Crippen molar-refractivity contribution in [1.29, 1.82) is 0 Å². The Hall–Kier alpha value is -3.13. The lowest BCUT2D eigenvalue weighted by Crippen LogP contribution is -2.39. The molecule has 31 heavy (non-hydrogen) atoms. The minimum absolute atomic E-state index is 0.0481. The molecule has 0 saturated carbocycles. The number of amides is 1. The van der Waals surface area contributed by atoms with E-state index in [0.717, 1.165) is 5.56 Å². The Morgan fingerprint density at radius 1 is 1.06 bits per heavy atom. The molecule has 0 saturated heterocycles. The zero-order valence-corrected chi connectivity index (χ0v) is 18.6. The molecule has 164 valence electrons. The van der Waals surface area contributed by atoms with Crippen molar-refractivity contribution in [3.05, 3.63) is 65.7 Å². The number of rotatable bonds is 7. The molecular weight excluding hydrogens is 416 g/mol. The van der Waals surface area contributed by atoms with Gasteiger partial charge in [0, 0.05) is 18.7 Å². The van der Waals surface area contributed by atoms with E-state index >= 15 is 0 Å². The third kappa shape index (κ3) is 5.32. The lowest BCUT2D eigenvalue weighted by atomic mass is 10.2. The molecule has 0 radical (unpaired) electrons. The number of carbonyl (C=O) groups is 2. The molecule has 7 nitrogen and oxygen atoms in total. The first-order valence-corrected chi connectivity index (χ1v) is 11.5. The topological polar surface area (TPSA) is 92.8 Å². The van der Waals surface area contributed by atoms with Crippen molar-refractivity contribution in [3.8, 4) is 0 Å². The number of ether oxygens (including phenoxy) is 1. The van der Waals surface area contributed by atoms with Gasteiger partial charge in [-0.25, -0.2) is 13.2 Å². The summed E-state index contributed by atoms with van der Waals surface area (Å²) in [6.45, 7) is 5.55. The highest BCUT2D eigenvalue weighted by Crippen LogP contribution is 2.32. The molecule has 1 amide bonds. The summed E-state index contributed by atoms with van der Waals surface area (Å²) in [5.41, 5.74) is 2.36. The third-order valence-corrected chi connectivity index (χ3v) is 6.65. The first-order chi connectivity index (χ1) is 14.7. The number of carbonyl (C=O) groups excluding carboxylic acids is 2. The standard InChI is InChI=1S/C23H26N2O5S/c1-16(2)24-23(27)17(3)30-22(26)13-10-18-8-11-20(12-9-18)31(28,29)25-15-14-19-6-4-5-7-21(19)25/h4-13,16-17H,14-15H2,1-3H3,(H,24,27)/b13-10+. The summed E-state index contributed by atoms with van der Waals surface area (Å²) < 4.78 is 32.6. The molecule has 8 heteroatoms. The molecule has 0 aliphatic carbocycles. The number of nitrogens with zero attached hydrogens (tertiary/aromatic N) is 1. The third-order valence-electron chi connectivity index (χ3n) is 4.82. The van der Waals surface area contributed by atoms with Crippen LogP contribution in [0.3, 0.4) is 0 Å². The lowest BCUT2D eigenvalue weighted by Gasteiger charge is -2.19. The first-order valence-electron chi connectivity index (χ1n) is 10.1. The molecule has 1 atom stereocenters. The zero-order valence-electron chi connectivity index (χ0n) is 17.7. The normalized spacial score (nSPS) is 14.5. The Morgan fingerprint density at radius 2 is 1.74 bits per heavy atom. The van der Waals surface area contributed by atoms with Crippen molar-refractivity contribution >= 4 is 33.7 Å². The minimum Gasteiger partial charge on any atom is -0.449 e. The number of anilines is 1. The van der Waals surface area contributed by atoms with Crippen molar-refractivity contribution in [2.45, 2.75) is 44.2 Å². The molecule has 0 bridgehead atoms. The summed E-state index contributed by atoms with van der Waals surface area (Å²) >= 11 is 0. The highest BCUT2D eigenvalue weighted by molar-refractivity contribution is 7.92. The van der Waals surface area contributed by atoms with E-state index in [0.29, 0.717) is 24.2 Å². The molecule has 2 aromatic carbocycles. The van der Waals surface area contributed by atoms with Gasteiger partial charge < -0.3 is 10.1 Å². The lowest BCUT2D eigenvalue weighted by molar-refractivity contribution is -0.150. The van der Waals surface area contributed by atoms with Gasteiger partial charge in [-0.15, -0.1) is 0 Å². The molecule has 3 rings (SSSR count). The van der Waals surface area contributed by atoms with Crippen molar-refractivity contribution < 1.29 is 22.7 Å². The van der Waals surface area contributed by atoms with E-state index < -0.39 is 22.1 Å². The van der Waals surface area contributed by atoms with Gasteiger partial charge in [0.15, 0.2) is 6.10 Å². The second-order valence-electron chi connectivity index (χ2n) is 7.60. The SMILES string of the molecule is CC(C)NC(=O)C(C)OC(=O)/C=C/c1ccc(S(=O)(=O)N2CCc3ccccc32)cc1. The highest BCUT2D eigenvalue weighted by atomic mass is 32.2. The number of fused-ring (bicyclic) bond motifs is 1. The first kappa shape index (κ1) is 22.6. The highest BCUT2D eigenvalue weighted by Gasteiger charge is 2.30. The maximum Gasteiger partial charge on any atom is 0.331 e. The summed E-state index contributed by atoms with van der Waals surface area (Å²) in [6.07, 6.45) is 2.50. The molecule has 0 fully saturated rings. The van der Waals surface area contributed by atoms with Gasteiger partial charge in [0.05, 0.1) is 10.6 Å². The predicted molar refractivity (Wildman–Crippen MR) is 119 cm³/mol. The second-order valence-corrected chi connectivity index (χ2v) is 9.46. The molecule has 1 unspecified atom stereocenters. The fourth-order valence-corrected chi connectivity index (χ4v) is 4.77. The van der Waals surface area contributed by atoms with Gasteiger partial charge in [0.2, 0.25) is 0 Å². The van der Waals surface area contributed by atoms with Gasteiger partial charge in [0.25, 0.3) is 15.9 Å². The Balaban J connectivity index is 1.65. The smallest absolute Gasteiger partial charge is 0.331 e. The van der Waals surface area contributed by atoms with Crippen LogP contribution >= 0.6 is 0 Å². The van der Waals surface area contributed by atoms with Crippen molar-refractivity contribution in [2.24, 2.45) is 0 Å². The number of benzene rings is 2. The van der Waals surface area contributed by atoms with E-state index in [2.05, 4.69) is 5.32 Å². The molecule has 1 aliphatic rings. The van der Waals surface area contributed by atoms with E-state index in [4.69, 9.17) is 4.74 Å². The van der Waals surface area contributed by atoms with Gasteiger partial charge in [0.1, 0.15) is 0 Å². The van der Waals surface area contributed by atoms with E-state index in [1.807, 2.05) is 38.1 Å². The predicted octanol–water partition coefficient (Wildman–Crippen LogP) is 2.91. The summed E-state index contributed by atoms with van der Waals surface area (Å²) in [6, 6.07) is 13.7. The molecule has 1 N–H and O–H groups in total. The number of nitrogens with one attached hydrogen (secondary N) is 1. The van der Waals surface area contributed by atoms with Crippen LogP contribution < -0.4 is 9.62 Å². The summed E-state index contributed by atoms with van der Waals surface area (Å²) in [4.78, 5) is 23.9. The number of sulfonamides is 1. The van der Waals surface area contributed by atoms with Crippen molar-refractivity contribution in [3.63, 3.8) is 0 Å². The van der Waals surface area contributed by atoms with Crippen molar-refractivity contribution in [1.82, 2.24) is 5.32 Å². The Morgan fingerprint density at radius 3 is 2.42 bits per heavy atom. The Labute approximate surface area is 182 Å². The van der Waals surface area contributed by atoms with Gasteiger partial charge in [-0.3, -0.25) is 9.10 Å². The van der Waals surface area contributed by atoms with Crippen LogP contribution in [0.1, 0.15) is 31.9 Å². The molecule has 1 heterocycles. The average molecular weight is 443 g/mol. The van der Waals surface area contributed by atoms with Crippen molar-refractivity contribution in [2.75, 3.05) is 10.8 Å². The zero-order chi connectivity index (χ0) is 22.6. The summed E-state index contributed by atoms with van der Waals surface area (Å²) in [5.74, 6) is -1.02. The molecule has 0 spiro atoms. The summed E-state index contributed by atoms with van der Waals surface area (Å²) in [5, 5.41) is 2.67. The molecular formula is C23H26N2O5S. The summed E-state index contributed by atoms with van der Waals surface area (Å²) in [7, 11) is -3.66. The quantitative estimate of drug-likeness (QED) is 0.526. The number of hydrogen-bond donors (Lipinski definition) is 1. The Kier molecular flexibility index (Phi) is 6.80. The van der Waals surface area contributed by atoms with Crippen LogP contribution in [0.25, 0.3) is 6.08 Å². The fraction of sp³-hybridized carbons (Fsp3) is 0.304. The second kappa shape index (κ2) is 9.34. The van der Waals surface area contributed by atoms with Gasteiger partial charge >= 0.3 is 5.97 Å². The largest absolute Gasteiger partial charge is 0.449 e. The van der Waals surface area contributed by atoms with Gasteiger partial charge in [-0.2, -0.15) is 0 Å². The average Bonchev–Trinajstić information content (AvgIpc) is 3.17. The number of esters is 1. The van der Waals surface area contributed by atoms with E-state index in [1.165, 1.54) is 35.5 Å². The number of hydrogen-bond acceptors (Lipinski definition) is 5. The molecule has 1 aliphatic heterocycles. The van der Waals surface area contributed by atoms with Crippen LogP contribution in [0.2, 0.25) is 0 Å². The van der Waals surface area contributed by atoms with E-state index in [1.54, 1.807) is 12.1 Å². The maximum absolute atomic E-state index is 13.0. The maximum atomic E-state index is 13.0. The molecule has 2 aromatic rings. The molecule has 0 aromatic heterocycles. The number of para-hydroxylation sites is 1. The van der Waals surface area contributed by atoms with Crippen LogP contribution in [0.15, 0.2) is 59.5 Å². The van der Waals surface area contributed by atoms with Crippen LogP contribution in [0.4, 0.5) is 5.69 Å². The van der Waals surface area contributed by atoms with Crippen LogP contribution in [-0.4, -0.2) is 39.0 Å². The van der Waals surface area contributed by atoms with Gasteiger partial charge in [-0.1, -0.05) is 30.3 Å². The monoisotopic (exact) mass is 442 g/mol. The van der Waals surface area contributed by atoms with Gasteiger partial charge in [-0.05, 0) is 62.6 Å². The minimum atomic E-state index is -3.66. The van der Waals surface area contributed by atoms with E-state index in [-0.39, 0.29) is 16.8 Å². The van der Waals surface area contributed by atoms with E-state index in [9.17, 15) is 18.0 Å². The van der Waals surface area contributed by atoms with Crippen LogP contribution in [0, 0.1) is 0 Å².